The minimum Gasteiger partial charge on any atom is -0.396 e. The monoisotopic (exact) mass is 532 g/mol. The van der Waals surface area contributed by atoms with Gasteiger partial charge in [0.15, 0.2) is 0 Å². The minimum absolute atomic E-state index is 0.140. The molecule has 0 saturated heterocycles. The lowest BCUT2D eigenvalue weighted by Gasteiger charge is -2.73. The lowest BCUT2D eigenvalue weighted by atomic mass is 9.32. The number of aliphatic hydroxyl groups is 1. The van der Waals surface area contributed by atoms with Crippen molar-refractivity contribution in [2.24, 2.45) is 56.7 Å². The number of rotatable bonds is 5. The largest absolute Gasteiger partial charge is 0.396 e. The van der Waals surface area contributed by atoms with Gasteiger partial charge in [0.2, 0.25) is 0 Å². The number of hydrogen-bond donors (Lipinski definition) is 1. The predicted molar refractivity (Wildman–Crippen MR) is 161 cm³/mol. The first-order valence-electron chi connectivity index (χ1n) is 16.3. The van der Waals surface area contributed by atoms with E-state index in [0.29, 0.717) is 52.1 Å². The van der Waals surface area contributed by atoms with E-state index in [0.717, 1.165) is 18.4 Å². The molecule has 0 heterocycles. The fraction of sp³-hybridized carbons (Fsp3) is 0.784. The molecule has 0 spiro atoms. The molecule has 5 aliphatic carbocycles. The van der Waals surface area contributed by atoms with Crippen molar-refractivity contribution in [3.8, 4) is 0 Å². The van der Waals surface area contributed by atoms with Gasteiger partial charge >= 0.3 is 0 Å². The summed E-state index contributed by atoms with van der Waals surface area (Å²) in [4.78, 5) is 0. The molecule has 0 radical (unpaired) electrons. The predicted octanol–water partition coefficient (Wildman–Crippen LogP) is 9.22. The number of benzene rings is 1. The molecule has 5 aliphatic rings. The van der Waals surface area contributed by atoms with Crippen LogP contribution in [-0.2, 0) is 11.3 Å². The molecule has 4 unspecified atom stereocenters. The van der Waals surface area contributed by atoms with Crippen LogP contribution >= 0.6 is 0 Å². The quantitative estimate of drug-likeness (QED) is 0.383. The molecule has 0 aromatic heterocycles. The van der Waals surface area contributed by atoms with Crippen LogP contribution < -0.4 is 0 Å². The maximum absolute atomic E-state index is 10.8. The van der Waals surface area contributed by atoms with Gasteiger partial charge in [0.25, 0.3) is 0 Å². The van der Waals surface area contributed by atoms with Crippen molar-refractivity contribution < 1.29 is 9.84 Å². The van der Waals surface area contributed by atoms with E-state index < -0.39 is 0 Å². The van der Waals surface area contributed by atoms with Crippen molar-refractivity contribution in [3.05, 3.63) is 48.0 Å². The summed E-state index contributed by atoms with van der Waals surface area (Å²) in [5.41, 5.74) is 4.12. The highest BCUT2D eigenvalue weighted by Gasteiger charge is 2.70. The van der Waals surface area contributed by atoms with Gasteiger partial charge in [0.1, 0.15) is 0 Å². The van der Waals surface area contributed by atoms with E-state index in [9.17, 15) is 5.11 Å². The Morgan fingerprint density at radius 1 is 0.872 bits per heavy atom. The summed E-state index contributed by atoms with van der Waals surface area (Å²) in [6.45, 7) is 21.1. The normalized spacial score (nSPS) is 48.4. The van der Waals surface area contributed by atoms with E-state index in [-0.39, 0.29) is 5.41 Å². The van der Waals surface area contributed by atoms with Gasteiger partial charge < -0.3 is 9.84 Å². The molecule has 6 rings (SSSR count). The topological polar surface area (TPSA) is 29.5 Å². The maximum Gasteiger partial charge on any atom is 0.0720 e. The van der Waals surface area contributed by atoms with Crippen LogP contribution in [0.3, 0.4) is 0 Å². The summed E-state index contributed by atoms with van der Waals surface area (Å²) in [5.74, 6) is 3.45. The highest BCUT2D eigenvalue weighted by Crippen LogP contribution is 2.77. The Balaban J connectivity index is 1.32. The van der Waals surface area contributed by atoms with Gasteiger partial charge in [0.05, 0.1) is 12.7 Å². The number of fused-ring (bicyclic) bond motifs is 7. The molecule has 2 heteroatoms. The van der Waals surface area contributed by atoms with Crippen LogP contribution in [0, 0.1) is 56.7 Å². The summed E-state index contributed by atoms with van der Waals surface area (Å²) >= 11 is 0. The van der Waals surface area contributed by atoms with Gasteiger partial charge in [-0.1, -0.05) is 77.1 Å². The van der Waals surface area contributed by atoms with Crippen LogP contribution in [0.15, 0.2) is 42.5 Å². The zero-order chi connectivity index (χ0) is 27.8. The second-order valence-electron chi connectivity index (χ2n) is 16.5. The molecule has 0 bridgehead atoms. The molecular weight excluding hydrogens is 476 g/mol. The van der Waals surface area contributed by atoms with Gasteiger partial charge in [0, 0.05) is 6.61 Å². The molecular formula is C37H56O2. The van der Waals surface area contributed by atoms with Crippen LogP contribution in [-0.4, -0.2) is 17.8 Å². The van der Waals surface area contributed by atoms with E-state index in [1.165, 1.54) is 75.3 Å². The number of ether oxygens (including phenoxy) is 1. The van der Waals surface area contributed by atoms with Crippen molar-refractivity contribution >= 4 is 0 Å². The molecule has 0 aliphatic heterocycles. The lowest BCUT2D eigenvalue weighted by molar-refractivity contribution is -0.250. The number of allylic oxidation sites excluding steroid dienone is 1. The van der Waals surface area contributed by atoms with Crippen molar-refractivity contribution in [2.75, 3.05) is 6.61 Å². The average Bonchev–Trinajstić information content (AvgIpc) is 3.28. The maximum atomic E-state index is 10.8. The SMILES string of the molecule is C=C(C)[C@@H]1CC[C@]2(CO)CC[C@]3(C)C(CCC4[C@@]5(C)C[C@H](OCc6ccccc6)CC(C)(C)C5CC[C@]43C)C12. The second-order valence-corrected chi connectivity index (χ2v) is 16.5. The van der Waals surface area contributed by atoms with Crippen LogP contribution in [0.1, 0.15) is 111 Å². The van der Waals surface area contributed by atoms with E-state index in [1.54, 1.807) is 0 Å². The highest BCUT2D eigenvalue weighted by molar-refractivity contribution is 5.21. The molecule has 216 valence electrons. The zero-order valence-corrected chi connectivity index (χ0v) is 25.9. The zero-order valence-electron chi connectivity index (χ0n) is 25.9. The molecule has 5 fully saturated rings. The van der Waals surface area contributed by atoms with Gasteiger partial charge in [-0.3, -0.25) is 0 Å². The molecule has 1 aromatic rings. The summed E-state index contributed by atoms with van der Waals surface area (Å²) in [6.07, 6.45) is 13.1. The third-order valence-electron chi connectivity index (χ3n) is 14.5. The van der Waals surface area contributed by atoms with Crippen LogP contribution in [0.2, 0.25) is 0 Å². The van der Waals surface area contributed by atoms with E-state index >= 15 is 0 Å². The Bertz CT molecular complexity index is 1080. The van der Waals surface area contributed by atoms with Crippen molar-refractivity contribution in [2.45, 2.75) is 118 Å². The standard InChI is InChI=1S/C37H56O2/c1-25(2)28-15-18-37(24-38)20-19-35(6)29(32(28)37)13-14-31-34(5)22-27(39-23-26-11-9-8-10-12-26)21-33(3,4)30(34)16-17-36(31,35)7/h8-12,27-32,38H,1,13-24H2,2-7H3/t27-,28+,29?,30?,31?,32?,34+,35-,36-,37-/m1/s1. The fourth-order valence-corrected chi connectivity index (χ4v) is 12.7. The van der Waals surface area contributed by atoms with Gasteiger partial charge in [-0.15, -0.1) is 0 Å². The van der Waals surface area contributed by atoms with Crippen LogP contribution in [0.5, 0.6) is 0 Å². The van der Waals surface area contributed by atoms with E-state index in [1.807, 2.05) is 0 Å². The molecule has 1 aromatic carbocycles. The summed E-state index contributed by atoms with van der Waals surface area (Å²) in [6, 6.07) is 10.8. The molecule has 2 nitrogen and oxygen atoms in total. The van der Waals surface area contributed by atoms with Gasteiger partial charge in [-0.25, -0.2) is 0 Å². The smallest absolute Gasteiger partial charge is 0.0720 e. The fourth-order valence-electron chi connectivity index (χ4n) is 12.7. The molecule has 5 saturated carbocycles. The first-order chi connectivity index (χ1) is 18.4. The first kappa shape index (κ1) is 28.0. The molecule has 39 heavy (non-hydrogen) atoms. The molecule has 10 atom stereocenters. The third-order valence-corrected chi connectivity index (χ3v) is 14.5. The lowest BCUT2D eigenvalue weighted by Crippen LogP contribution is -2.66. The van der Waals surface area contributed by atoms with Crippen LogP contribution in [0.25, 0.3) is 0 Å². The highest BCUT2D eigenvalue weighted by atomic mass is 16.5. The Hall–Kier alpha value is -1.12. The Kier molecular flexibility index (Phi) is 6.79. The van der Waals surface area contributed by atoms with Crippen LogP contribution in [0.4, 0.5) is 0 Å². The molecule has 1 N–H and O–H groups in total. The number of hydrogen-bond acceptors (Lipinski definition) is 2. The minimum atomic E-state index is 0.140. The third kappa shape index (κ3) is 4.00. The van der Waals surface area contributed by atoms with Crippen molar-refractivity contribution in [1.29, 1.82) is 0 Å². The van der Waals surface area contributed by atoms with Crippen molar-refractivity contribution in [3.63, 3.8) is 0 Å². The summed E-state index contributed by atoms with van der Waals surface area (Å²) in [5, 5.41) is 10.8. The van der Waals surface area contributed by atoms with E-state index in [4.69, 9.17) is 4.74 Å². The Morgan fingerprint density at radius 2 is 1.62 bits per heavy atom. The average molecular weight is 533 g/mol. The molecule has 0 amide bonds. The Labute approximate surface area is 239 Å². The van der Waals surface area contributed by atoms with Crippen molar-refractivity contribution in [1.82, 2.24) is 0 Å². The summed E-state index contributed by atoms with van der Waals surface area (Å²) in [7, 11) is 0. The summed E-state index contributed by atoms with van der Waals surface area (Å²) < 4.78 is 6.75. The Morgan fingerprint density at radius 3 is 2.31 bits per heavy atom. The first-order valence-corrected chi connectivity index (χ1v) is 16.3. The second kappa shape index (κ2) is 9.45. The number of aliphatic hydroxyl groups excluding tert-OH is 1. The van der Waals surface area contributed by atoms with Gasteiger partial charge in [-0.2, -0.15) is 0 Å². The van der Waals surface area contributed by atoms with Gasteiger partial charge in [-0.05, 0) is 133 Å². The van der Waals surface area contributed by atoms with E-state index in [2.05, 4.69) is 78.5 Å².